The normalized spacial score (nSPS) is 16.0. The Bertz CT molecular complexity index is 778. The molecular formula is C21H29FN4O. The summed E-state index contributed by atoms with van der Waals surface area (Å²) in [5.74, 6) is 0.837. The Hall–Kier alpha value is -2.21. The van der Waals surface area contributed by atoms with Gasteiger partial charge in [-0.2, -0.15) is 5.10 Å². The molecule has 6 heteroatoms. The summed E-state index contributed by atoms with van der Waals surface area (Å²) in [5, 5.41) is 10.0. The molecule has 0 bridgehead atoms. The lowest BCUT2D eigenvalue weighted by molar-refractivity contribution is 0.0929. The van der Waals surface area contributed by atoms with Crippen molar-refractivity contribution in [3.63, 3.8) is 0 Å². The summed E-state index contributed by atoms with van der Waals surface area (Å²) in [6.45, 7) is 10.3. The molecule has 2 heterocycles. The molecule has 146 valence electrons. The third-order valence-corrected chi connectivity index (χ3v) is 5.16. The zero-order chi connectivity index (χ0) is 19.4. The van der Waals surface area contributed by atoms with Gasteiger partial charge in [-0.25, -0.2) is 4.39 Å². The number of piperidine rings is 1. The van der Waals surface area contributed by atoms with E-state index in [1.807, 2.05) is 0 Å². The molecule has 0 aliphatic carbocycles. The van der Waals surface area contributed by atoms with E-state index in [4.69, 9.17) is 0 Å². The number of nitrogens with one attached hydrogen (secondary N) is 2. The van der Waals surface area contributed by atoms with Crippen molar-refractivity contribution in [2.75, 3.05) is 26.2 Å². The SMILES string of the molecule is Cc1cc(-c2cc(C(=O)NCC3CCN(CC(C)C)CC3)[nH]n2)ccc1F. The summed E-state index contributed by atoms with van der Waals surface area (Å²) in [5.41, 5.74) is 2.43. The maximum absolute atomic E-state index is 13.4. The number of rotatable bonds is 6. The van der Waals surface area contributed by atoms with Crippen molar-refractivity contribution in [1.82, 2.24) is 20.4 Å². The predicted molar refractivity (Wildman–Crippen MR) is 105 cm³/mol. The second-order valence-electron chi connectivity index (χ2n) is 7.98. The molecule has 5 nitrogen and oxygen atoms in total. The smallest absolute Gasteiger partial charge is 0.269 e. The second kappa shape index (κ2) is 8.65. The summed E-state index contributed by atoms with van der Waals surface area (Å²) in [4.78, 5) is 14.9. The van der Waals surface area contributed by atoms with Gasteiger partial charge in [-0.05, 0) is 74.5 Å². The van der Waals surface area contributed by atoms with Gasteiger partial charge in [0.05, 0.1) is 5.69 Å². The maximum Gasteiger partial charge on any atom is 0.269 e. The van der Waals surface area contributed by atoms with Crippen molar-refractivity contribution in [1.29, 1.82) is 0 Å². The Balaban J connectivity index is 1.51. The van der Waals surface area contributed by atoms with E-state index in [-0.39, 0.29) is 11.7 Å². The standard InChI is InChI=1S/C21H29FN4O/c1-14(2)13-26-8-6-16(7-9-26)12-23-21(27)20-11-19(24-25-20)17-4-5-18(22)15(3)10-17/h4-5,10-11,14,16H,6-9,12-13H2,1-3H3,(H,23,27)(H,24,25). The van der Waals surface area contributed by atoms with Gasteiger partial charge in [0.1, 0.15) is 11.5 Å². The third-order valence-electron chi connectivity index (χ3n) is 5.16. The van der Waals surface area contributed by atoms with Gasteiger partial charge in [-0.1, -0.05) is 13.8 Å². The zero-order valence-corrected chi connectivity index (χ0v) is 16.4. The van der Waals surface area contributed by atoms with Crippen LogP contribution in [0.25, 0.3) is 11.3 Å². The van der Waals surface area contributed by atoms with Crippen LogP contribution in [-0.4, -0.2) is 47.2 Å². The molecule has 2 aromatic rings. The fourth-order valence-electron chi connectivity index (χ4n) is 3.61. The Kier molecular flexibility index (Phi) is 6.26. The molecule has 1 fully saturated rings. The number of benzene rings is 1. The van der Waals surface area contributed by atoms with Gasteiger partial charge >= 0.3 is 0 Å². The Morgan fingerprint density at radius 1 is 1.33 bits per heavy atom. The van der Waals surface area contributed by atoms with Crippen LogP contribution in [0.5, 0.6) is 0 Å². The number of aromatic nitrogens is 2. The molecular weight excluding hydrogens is 343 g/mol. The summed E-state index contributed by atoms with van der Waals surface area (Å²) >= 11 is 0. The highest BCUT2D eigenvalue weighted by Crippen LogP contribution is 2.21. The molecule has 1 aliphatic rings. The average molecular weight is 372 g/mol. The number of carbonyl (C=O) groups excluding carboxylic acids is 1. The summed E-state index contributed by atoms with van der Waals surface area (Å²) < 4.78 is 13.4. The van der Waals surface area contributed by atoms with Crippen LogP contribution in [0.4, 0.5) is 4.39 Å². The molecule has 0 radical (unpaired) electrons. The van der Waals surface area contributed by atoms with E-state index >= 15 is 0 Å². The number of H-pyrrole nitrogens is 1. The fraction of sp³-hybridized carbons (Fsp3) is 0.524. The van der Waals surface area contributed by atoms with Crippen LogP contribution in [0, 0.1) is 24.6 Å². The first kappa shape index (κ1) is 19.5. The van der Waals surface area contributed by atoms with Crippen LogP contribution in [0.3, 0.4) is 0 Å². The molecule has 1 aromatic heterocycles. The van der Waals surface area contributed by atoms with E-state index in [2.05, 4.69) is 34.3 Å². The second-order valence-corrected chi connectivity index (χ2v) is 7.98. The highest BCUT2D eigenvalue weighted by molar-refractivity contribution is 5.93. The van der Waals surface area contributed by atoms with Crippen LogP contribution in [0.15, 0.2) is 24.3 Å². The lowest BCUT2D eigenvalue weighted by Gasteiger charge is -2.32. The molecule has 0 unspecified atom stereocenters. The van der Waals surface area contributed by atoms with E-state index in [9.17, 15) is 9.18 Å². The van der Waals surface area contributed by atoms with Gasteiger partial charge in [-0.15, -0.1) is 0 Å². The molecule has 27 heavy (non-hydrogen) atoms. The molecule has 0 atom stereocenters. The number of hydrogen-bond acceptors (Lipinski definition) is 3. The summed E-state index contributed by atoms with van der Waals surface area (Å²) in [6.07, 6.45) is 2.24. The number of carbonyl (C=O) groups is 1. The first-order valence-electron chi connectivity index (χ1n) is 9.75. The quantitative estimate of drug-likeness (QED) is 0.814. The maximum atomic E-state index is 13.4. The van der Waals surface area contributed by atoms with Crippen molar-refractivity contribution in [2.45, 2.75) is 33.6 Å². The van der Waals surface area contributed by atoms with Crippen LogP contribution in [-0.2, 0) is 0 Å². The van der Waals surface area contributed by atoms with Gasteiger partial charge < -0.3 is 10.2 Å². The fourth-order valence-corrected chi connectivity index (χ4v) is 3.61. The monoisotopic (exact) mass is 372 g/mol. The first-order valence-corrected chi connectivity index (χ1v) is 9.75. The van der Waals surface area contributed by atoms with Gasteiger partial charge in [0.25, 0.3) is 5.91 Å². The molecule has 2 N–H and O–H groups in total. The average Bonchev–Trinajstić information content (AvgIpc) is 3.13. The van der Waals surface area contributed by atoms with E-state index < -0.39 is 0 Å². The van der Waals surface area contributed by atoms with E-state index in [0.29, 0.717) is 35.3 Å². The van der Waals surface area contributed by atoms with Gasteiger partial charge in [-0.3, -0.25) is 9.89 Å². The molecule has 1 aliphatic heterocycles. The molecule has 0 spiro atoms. The molecule has 1 aromatic carbocycles. The highest BCUT2D eigenvalue weighted by Gasteiger charge is 2.20. The highest BCUT2D eigenvalue weighted by atomic mass is 19.1. The number of hydrogen-bond donors (Lipinski definition) is 2. The minimum absolute atomic E-state index is 0.141. The molecule has 0 saturated carbocycles. The van der Waals surface area contributed by atoms with Gasteiger partial charge in [0, 0.05) is 18.7 Å². The molecule has 1 amide bonds. The van der Waals surface area contributed by atoms with Crippen molar-refractivity contribution < 1.29 is 9.18 Å². The van der Waals surface area contributed by atoms with Crippen LogP contribution in [0.2, 0.25) is 0 Å². The Morgan fingerprint density at radius 3 is 2.74 bits per heavy atom. The predicted octanol–water partition coefficient (Wildman–Crippen LogP) is 3.62. The lowest BCUT2D eigenvalue weighted by Crippen LogP contribution is -2.40. The van der Waals surface area contributed by atoms with Crippen LogP contribution in [0.1, 0.15) is 42.7 Å². The Labute approximate surface area is 160 Å². The molecule has 1 saturated heterocycles. The van der Waals surface area contributed by atoms with Gasteiger partial charge in [0.2, 0.25) is 0 Å². The Morgan fingerprint density at radius 2 is 2.07 bits per heavy atom. The lowest BCUT2D eigenvalue weighted by atomic mass is 9.96. The van der Waals surface area contributed by atoms with E-state index in [1.165, 1.54) is 6.07 Å². The van der Waals surface area contributed by atoms with E-state index in [1.54, 1.807) is 25.1 Å². The molecule has 3 rings (SSSR count). The van der Waals surface area contributed by atoms with E-state index in [0.717, 1.165) is 38.0 Å². The summed E-state index contributed by atoms with van der Waals surface area (Å²) in [7, 11) is 0. The van der Waals surface area contributed by atoms with Crippen molar-refractivity contribution >= 4 is 5.91 Å². The number of nitrogens with zero attached hydrogens (tertiary/aromatic N) is 2. The van der Waals surface area contributed by atoms with Crippen molar-refractivity contribution in [2.24, 2.45) is 11.8 Å². The number of likely N-dealkylation sites (tertiary alicyclic amines) is 1. The minimum Gasteiger partial charge on any atom is -0.350 e. The van der Waals surface area contributed by atoms with Gasteiger partial charge in [0.15, 0.2) is 0 Å². The summed E-state index contributed by atoms with van der Waals surface area (Å²) in [6, 6.07) is 6.54. The number of amides is 1. The number of aryl methyl sites for hydroxylation is 1. The zero-order valence-electron chi connectivity index (χ0n) is 16.4. The number of aromatic amines is 1. The van der Waals surface area contributed by atoms with Crippen LogP contribution < -0.4 is 5.32 Å². The number of halogens is 1. The van der Waals surface area contributed by atoms with Crippen LogP contribution >= 0.6 is 0 Å². The first-order chi connectivity index (χ1) is 12.9. The topological polar surface area (TPSA) is 61.0 Å². The van der Waals surface area contributed by atoms with Crippen molar-refractivity contribution in [3.8, 4) is 11.3 Å². The largest absolute Gasteiger partial charge is 0.350 e. The minimum atomic E-state index is -0.244. The van der Waals surface area contributed by atoms with Crippen molar-refractivity contribution in [3.05, 3.63) is 41.3 Å². The third kappa shape index (κ3) is 5.16.